The zero-order valence-electron chi connectivity index (χ0n) is 9.63. The summed E-state index contributed by atoms with van der Waals surface area (Å²) in [5.74, 6) is 0.176. The summed E-state index contributed by atoms with van der Waals surface area (Å²) in [5.41, 5.74) is 3.29. The Labute approximate surface area is 117 Å². The first-order valence-electron chi connectivity index (χ1n) is 5.46. The highest BCUT2D eigenvalue weighted by atomic mass is 127. The van der Waals surface area contributed by atoms with Crippen LogP contribution in [0.15, 0.2) is 36.4 Å². The van der Waals surface area contributed by atoms with Gasteiger partial charge in [0.05, 0.1) is 0 Å². The van der Waals surface area contributed by atoms with Crippen molar-refractivity contribution >= 4 is 33.6 Å². The average molecular weight is 351 g/mol. The molecule has 0 aliphatic heterocycles. The van der Waals surface area contributed by atoms with Crippen molar-refractivity contribution in [1.29, 1.82) is 0 Å². The molecule has 5 heteroatoms. The van der Waals surface area contributed by atoms with Crippen LogP contribution in [0.1, 0.15) is 5.56 Å². The molecule has 1 N–H and O–H groups in total. The molecule has 0 amide bonds. The number of hydrogen-bond donors (Lipinski definition) is 1. The van der Waals surface area contributed by atoms with E-state index in [1.165, 1.54) is 4.80 Å². The number of nitrogens with zero attached hydrogens (tertiary/aromatic N) is 3. The molecule has 3 aromatic rings. The van der Waals surface area contributed by atoms with Crippen LogP contribution in [0, 0.1) is 10.5 Å². The summed E-state index contributed by atoms with van der Waals surface area (Å²) in [6.45, 7) is 1.97. The lowest BCUT2D eigenvalue weighted by molar-refractivity contribution is 0.467. The van der Waals surface area contributed by atoms with Crippen LogP contribution in [0.25, 0.3) is 16.7 Å². The van der Waals surface area contributed by atoms with Crippen LogP contribution in [0.4, 0.5) is 0 Å². The largest absolute Gasteiger partial charge is 0.506 e. The maximum Gasteiger partial charge on any atom is 0.143 e. The minimum Gasteiger partial charge on any atom is -0.506 e. The predicted octanol–water partition coefficient (Wildman–Crippen LogP) is 3.04. The quantitative estimate of drug-likeness (QED) is 0.686. The predicted molar refractivity (Wildman–Crippen MR) is 78.0 cm³/mol. The van der Waals surface area contributed by atoms with Crippen LogP contribution in [0.5, 0.6) is 5.75 Å². The molecule has 3 rings (SSSR count). The number of fused-ring (bicyclic) bond motifs is 1. The summed E-state index contributed by atoms with van der Waals surface area (Å²) in [6, 6.07) is 11.2. The van der Waals surface area contributed by atoms with Crippen molar-refractivity contribution in [3.05, 3.63) is 45.5 Å². The molecular weight excluding hydrogens is 341 g/mol. The molecule has 18 heavy (non-hydrogen) atoms. The van der Waals surface area contributed by atoms with E-state index in [-0.39, 0.29) is 5.75 Å². The molecule has 4 nitrogen and oxygen atoms in total. The maximum atomic E-state index is 9.87. The monoisotopic (exact) mass is 351 g/mol. The number of hydrogen-bond acceptors (Lipinski definition) is 3. The third-order valence-electron chi connectivity index (χ3n) is 2.69. The smallest absolute Gasteiger partial charge is 0.143 e. The fraction of sp³-hybridized carbons (Fsp3) is 0.0769. The molecule has 0 saturated carbocycles. The first-order valence-corrected chi connectivity index (χ1v) is 6.54. The highest BCUT2D eigenvalue weighted by Gasteiger charge is 2.09. The highest BCUT2D eigenvalue weighted by Crippen LogP contribution is 2.23. The van der Waals surface area contributed by atoms with Gasteiger partial charge >= 0.3 is 0 Å². The Balaban J connectivity index is 2.22. The second-order valence-electron chi connectivity index (χ2n) is 4.11. The van der Waals surface area contributed by atoms with E-state index in [0.717, 1.165) is 20.2 Å². The van der Waals surface area contributed by atoms with Crippen molar-refractivity contribution < 1.29 is 5.11 Å². The van der Waals surface area contributed by atoms with Crippen molar-refractivity contribution in [2.75, 3.05) is 0 Å². The van der Waals surface area contributed by atoms with Crippen molar-refractivity contribution in [3.63, 3.8) is 0 Å². The Bertz CT molecular complexity index is 736. The summed E-state index contributed by atoms with van der Waals surface area (Å²) in [4.78, 5) is 1.48. The number of benzene rings is 2. The van der Waals surface area contributed by atoms with Gasteiger partial charge in [-0.1, -0.05) is 6.07 Å². The number of halogens is 1. The summed E-state index contributed by atoms with van der Waals surface area (Å²) in [6.07, 6.45) is 0. The van der Waals surface area contributed by atoms with E-state index in [1.807, 2.05) is 37.3 Å². The second-order valence-corrected chi connectivity index (χ2v) is 5.36. The first kappa shape index (κ1) is 11.5. The molecule has 1 aromatic heterocycles. The molecule has 1 heterocycles. The van der Waals surface area contributed by atoms with E-state index in [2.05, 4.69) is 32.8 Å². The van der Waals surface area contributed by atoms with Gasteiger partial charge < -0.3 is 5.11 Å². The van der Waals surface area contributed by atoms with Crippen molar-refractivity contribution in [2.45, 2.75) is 6.92 Å². The van der Waals surface area contributed by atoms with E-state index in [4.69, 9.17) is 0 Å². The maximum absolute atomic E-state index is 9.87. The molecule has 0 fully saturated rings. The van der Waals surface area contributed by atoms with Crippen molar-refractivity contribution in [2.24, 2.45) is 0 Å². The minimum atomic E-state index is 0.176. The summed E-state index contributed by atoms with van der Waals surface area (Å²) in [5, 5.41) is 18.6. The number of aromatic nitrogens is 3. The van der Waals surface area contributed by atoms with Gasteiger partial charge in [-0.05, 0) is 65.4 Å². The molecule has 0 aliphatic rings. The molecule has 0 bridgehead atoms. The highest BCUT2D eigenvalue weighted by molar-refractivity contribution is 14.1. The number of phenols is 1. The van der Waals surface area contributed by atoms with Crippen LogP contribution >= 0.6 is 22.6 Å². The number of rotatable bonds is 1. The fourth-order valence-electron chi connectivity index (χ4n) is 1.79. The first-order chi connectivity index (χ1) is 8.63. The number of phenolic OH excluding ortho intramolecular Hbond substituents is 1. The molecule has 0 radical (unpaired) electrons. The summed E-state index contributed by atoms with van der Waals surface area (Å²) < 4.78 is 1.11. The fourth-order valence-corrected chi connectivity index (χ4v) is 2.26. The van der Waals surface area contributed by atoms with E-state index >= 15 is 0 Å². The van der Waals surface area contributed by atoms with E-state index in [0.29, 0.717) is 5.69 Å². The van der Waals surface area contributed by atoms with Gasteiger partial charge in [-0.15, -0.1) is 15.0 Å². The lowest BCUT2D eigenvalue weighted by Gasteiger charge is -2.03. The normalized spacial score (nSPS) is 11.0. The van der Waals surface area contributed by atoms with Gasteiger partial charge in [-0.25, -0.2) is 0 Å². The molecule has 2 aromatic carbocycles. The second kappa shape index (κ2) is 4.24. The van der Waals surface area contributed by atoms with Crippen molar-refractivity contribution in [3.8, 4) is 11.4 Å². The van der Waals surface area contributed by atoms with Crippen LogP contribution in [0.3, 0.4) is 0 Å². The van der Waals surface area contributed by atoms with Gasteiger partial charge in [-0.3, -0.25) is 0 Å². The third-order valence-corrected chi connectivity index (χ3v) is 3.36. The Morgan fingerprint density at radius 3 is 2.67 bits per heavy atom. The van der Waals surface area contributed by atoms with Gasteiger partial charge in [0.15, 0.2) is 0 Å². The molecule has 0 aliphatic carbocycles. The van der Waals surface area contributed by atoms with E-state index < -0.39 is 0 Å². The average Bonchev–Trinajstić information content (AvgIpc) is 2.74. The van der Waals surface area contributed by atoms with Gasteiger partial charge in [0.25, 0.3) is 0 Å². The van der Waals surface area contributed by atoms with Crippen LogP contribution in [0.2, 0.25) is 0 Å². The Kier molecular flexibility index (Phi) is 2.70. The minimum absolute atomic E-state index is 0.176. The molecule has 0 spiro atoms. The summed E-state index contributed by atoms with van der Waals surface area (Å²) in [7, 11) is 0. The standard InChI is InChI=1S/C13H10IN3O/c1-8-2-5-13(18)12(6-8)17-15-10-4-3-9(14)7-11(10)16-17/h2-7,18H,1H3. The Hall–Kier alpha value is -1.63. The molecule has 0 unspecified atom stereocenters. The van der Waals surface area contributed by atoms with E-state index in [1.54, 1.807) is 6.07 Å². The van der Waals surface area contributed by atoms with E-state index in [9.17, 15) is 5.11 Å². The SMILES string of the molecule is Cc1ccc(O)c(-n2nc3ccc(I)cc3n2)c1. The van der Waals surface area contributed by atoms with Gasteiger partial charge in [0.1, 0.15) is 22.5 Å². The molecule has 0 saturated heterocycles. The Morgan fingerprint density at radius 1 is 1.06 bits per heavy atom. The van der Waals surface area contributed by atoms with Crippen LogP contribution in [-0.2, 0) is 0 Å². The van der Waals surface area contributed by atoms with Crippen molar-refractivity contribution in [1.82, 2.24) is 15.0 Å². The zero-order valence-corrected chi connectivity index (χ0v) is 11.8. The molecular formula is C13H10IN3O. The van der Waals surface area contributed by atoms with Gasteiger partial charge in [0.2, 0.25) is 0 Å². The Morgan fingerprint density at radius 2 is 1.83 bits per heavy atom. The van der Waals surface area contributed by atoms with Gasteiger partial charge in [-0.2, -0.15) is 0 Å². The zero-order chi connectivity index (χ0) is 12.7. The topological polar surface area (TPSA) is 50.9 Å². The lowest BCUT2D eigenvalue weighted by atomic mass is 10.2. The lowest BCUT2D eigenvalue weighted by Crippen LogP contribution is -1.99. The van der Waals surface area contributed by atoms with Crippen LogP contribution in [-0.4, -0.2) is 20.1 Å². The summed E-state index contributed by atoms with van der Waals surface area (Å²) >= 11 is 2.24. The third kappa shape index (κ3) is 1.94. The number of aryl methyl sites for hydroxylation is 1. The van der Waals surface area contributed by atoms with Gasteiger partial charge in [0, 0.05) is 3.57 Å². The molecule has 0 atom stereocenters. The molecule has 90 valence electrons. The number of aromatic hydroxyl groups is 1. The van der Waals surface area contributed by atoms with Crippen LogP contribution < -0.4 is 0 Å².